The molecule has 2 rings (SSSR count). The van der Waals surface area contributed by atoms with Gasteiger partial charge in [0.1, 0.15) is 5.69 Å². The highest BCUT2D eigenvalue weighted by molar-refractivity contribution is 6.34. The predicted octanol–water partition coefficient (Wildman–Crippen LogP) is 3.09. The van der Waals surface area contributed by atoms with Gasteiger partial charge in [0.25, 0.3) is 5.69 Å². The van der Waals surface area contributed by atoms with Crippen molar-refractivity contribution in [2.75, 3.05) is 25.1 Å². The lowest BCUT2D eigenvalue weighted by Gasteiger charge is -2.23. The van der Waals surface area contributed by atoms with Crippen molar-refractivity contribution in [1.82, 2.24) is 0 Å². The molecule has 0 atom stereocenters. The van der Waals surface area contributed by atoms with Gasteiger partial charge < -0.3 is 15.2 Å². The molecule has 2 N–H and O–H groups in total. The summed E-state index contributed by atoms with van der Waals surface area (Å²) in [4.78, 5) is 21.7. The predicted molar refractivity (Wildman–Crippen MR) is 81.8 cm³/mol. The number of nitrogens with zero attached hydrogens (tertiary/aromatic N) is 1. The van der Waals surface area contributed by atoms with Crippen LogP contribution in [-0.4, -0.2) is 35.8 Å². The van der Waals surface area contributed by atoms with Crippen LogP contribution in [-0.2, 0) is 4.74 Å². The lowest BCUT2D eigenvalue weighted by atomic mass is 9.99. The van der Waals surface area contributed by atoms with Gasteiger partial charge >= 0.3 is 5.97 Å². The molecule has 0 spiro atoms. The molecule has 1 aliphatic heterocycles. The number of nitro groups is 1. The zero-order valence-electron chi connectivity index (χ0n) is 12.1. The second kappa shape index (κ2) is 6.93. The molecular formula is C14H17ClN2O5. The van der Waals surface area contributed by atoms with Gasteiger partial charge in [-0.1, -0.05) is 11.6 Å². The average molecular weight is 329 g/mol. The number of anilines is 1. The maximum atomic E-state index is 11.2. The van der Waals surface area contributed by atoms with Crippen LogP contribution in [0.1, 0.15) is 28.8 Å². The second-order valence-corrected chi connectivity index (χ2v) is 5.63. The molecule has 0 saturated carbocycles. The number of nitro benzene ring substituents is 1. The fraction of sp³-hybridized carbons (Fsp3) is 0.500. The van der Waals surface area contributed by atoms with E-state index < -0.39 is 10.9 Å². The second-order valence-electron chi connectivity index (χ2n) is 5.26. The van der Waals surface area contributed by atoms with Crippen molar-refractivity contribution in [1.29, 1.82) is 0 Å². The van der Waals surface area contributed by atoms with E-state index in [4.69, 9.17) is 21.4 Å². The number of benzene rings is 1. The zero-order chi connectivity index (χ0) is 16.3. The molecule has 8 heteroatoms. The molecule has 1 aromatic carbocycles. The molecule has 0 amide bonds. The molecule has 1 heterocycles. The van der Waals surface area contributed by atoms with Crippen LogP contribution in [0.4, 0.5) is 11.4 Å². The number of carboxylic acid groups (broad SMARTS) is 1. The Kier molecular flexibility index (Phi) is 5.20. The van der Waals surface area contributed by atoms with Gasteiger partial charge in [0.2, 0.25) is 0 Å². The Morgan fingerprint density at radius 1 is 1.55 bits per heavy atom. The van der Waals surface area contributed by atoms with Gasteiger partial charge in [0.15, 0.2) is 0 Å². The number of nitrogens with one attached hydrogen (secondary N) is 1. The van der Waals surface area contributed by atoms with Gasteiger partial charge in [-0.25, -0.2) is 4.79 Å². The summed E-state index contributed by atoms with van der Waals surface area (Å²) in [5.74, 6) is -0.919. The molecule has 0 aliphatic carbocycles. The van der Waals surface area contributed by atoms with Crippen LogP contribution in [0.5, 0.6) is 0 Å². The number of halogens is 1. The van der Waals surface area contributed by atoms with Crippen molar-refractivity contribution in [3.05, 3.63) is 32.3 Å². The summed E-state index contributed by atoms with van der Waals surface area (Å²) in [6, 6.07) is 1.00. The third-order valence-corrected chi connectivity index (χ3v) is 4.30. The highest BCUT2D eigenvalue weighted by atomic mass is 35.5. The Bertz CT molecular complexity index is 599. The summed E-state index contributed by atoms with van der Waals surface area (Å²) in [7, 11) is 0. The van der Waals surface area contributed by atoms with Crippen molar-refractivity contribution in [2.45, 2.75) is 19.8 Å². The van der Waals surface area contributed by atoms with Crippen LogP contribution in [0.2, 0.25) is 5.02 Å². The van der Waals surface area contributed by atoms with Crippen LogP contribution in [0.15, 0.2) is 6.07 Å². The largest absolute Gasteiger partial charge is 0.478 e. The first-order chi connectivity index (χ1) is 10.4. The van der Waals surface area contributed by atoms with Gasteiger partial charge in [-0.05, 0) is 31.2 Å². The Morgan fingerprint density at radius 3 is 2.73 bits per heavy atom. The highest BCUT2D eigenvalue weighted by Crippen LogP contribution is 2.36. The Balaban J connectivity index is 2.30. The number of aromatic carboxylic acids is 1. The molecule has 0 radical (unpaired) electrons. The summed E-state index contributed by atoms with van der Waals surface area (Å²) in [6.45, 7) is 3.51. The summed E-state index contributed by atoms with van der Waals surface area (Å²) < 4.78 is 5.28. The maximum absolute atomic E-state index is 11.2. The summed E-state index contributed by atoms with van der Waals surface area (Å²) >= 11 is 6.03. The maximum Gasteiger partial charge on any atom is 0.337 e. The van der Waals surface area contributed by atoms with Crippen molar-refractivity contribution in [3.8, 4) is 0 Å². The molecule has 1 saturated heterocycles. The van der Waals surface area contributed by atoms with E-state index in [9.17, 15) is 14.9 Å². The van der Waals surface area contributed by atoms with E-state index in [0.29, 0.717) is 31.2 Å². The number of hydrogen-bond donors (Lipinski definition) is 2. The minimum Gasteiger partial charge on any atom is -0.478 e. The van der Waals surface area contributed by atoms with Gasteiger partial charge in [0, 0.05) is 25.8 Å². The number of rotatable bonds is 5. The summed E-state index contributed by atoms with van der Waals surface area (Å²) in [6.07, 6.45) is 1.78. The molecule has 1 aliphatic rings. The Hall–Kier alpha value is -1.86. The lowest BCUT2D eigenvalue weighted by Crippen LogP contribution is -2.23. The normalized spacial score (nSPS) is 15.5. The molecule has 1 aromatic rings. The SMILES string of the molecule is Cc1c(Cl)c(C(=O)O)cc([N+](=O)[O-])c1NCC1CCOCC1. The van der Waals surface area contributed by atoms with Crippen molar-refractivity contribution in [2.24, 2.45) is 5.92 Å². The highest BCUT2D eigenvalue weighted by Gasteiger charge is 2.25. The fourth-order valence-electron chi connectivity index (χ4n) is 2.50. The van der Waals surface area contributed by atoms with E-state index >= 15 is 0 Å². The summed E-state index contributed by atoms with van der Waals surface area (Å²) in [5.41, 5.74) is 0.126. The molecule has 7 nitrogen and oxygen atoms in total. The molecule has 0 bridgehead atoms. The fourth-order valence-corrected chi connectivity index (χ4v) is 2.73. The van der Waals surface area contributed by atoms with Crippen LogP contribution < -0.4 is 5.32 Å². The smallest absolute Gasteiger partial charge is 0.337 e. The minimum absolute atomic E-state index is 0.0209. The van der Waals surface area contributed by atoms with E-state index in [1.165, 1.54) is 0 Å². The Morgan fingerprint density at radius 2 is 2.18 bits per heavy atom. The lowest BCUT2D eigenvalue weighted by molar-refractivity contribution is -0.384. The van der Waals surface area contributed by atoms with Crippen molar-refractivity contribution in [3.63, 3.8) is 0 Å². The average Bonchev–Trinajstić information content (AvgIpc) is 2.49. The van der Waals surface area contributed by atoms with Gasteiger partial charge in [-0.2, -0.15) is 0 Å². The molecule has 0 unspecified atom stereocenters. The van der Waals surface area contributed by atoms with Crippen LogP contribution in [0.25, 0.3) is 0 Å². The third kappa shape index (κ3) is 3.48. The molecule has 120 valence electrons. The van der Waals surface area contributed by atoms with Crippen LogP contribution in [0, 0.1) is 23.0 Å². The van der Waals surface area contributed by atoms with E-state index in [1.54, 1.807) is 6.92 Å². The van der Waals surface area contributed by atoms with Crippen LogP contribution >= 0.6 is 11.6 Å². The quantitative estimate of drug-likeness (QED) is 0.636. The van der Waals surface area contributed by atoms with Gasteiger partial charge in [-0.3, -0.25) is 10.1 Å². The Labute approximate surface area is 132 Å². The molecule has 22 heavy (non-hydrogen) atoms. The van der Waals surface area contributed by atoms with Gasteiger partial charge in [0.05, 0.1) is 15.5 Å². The number of carboxylic acids is 1. The van der Waals surface area contributed by atoms with E-state index in [2.05, 4.69) is 5.32 Å². The van der Waals surface area contributed by atoms with Gasteiger partial charge in [-0.15, -0.1) is 0 Å². The van der Waals surface area contributed by atoms with Crippen molar-refractivity contribution >= 4 is 28.9 Å². The van der Waals surface area contributed by atoms with E-state index in [1.807, 2.05) is 0 Å². The first-order valence-corrected chi connectivity index (χ1v) is 7.32. The van der Waals surface area contributed by atoms with E-state index in [0.717, 1.165) is 18.9 Å². The minimum atomic E-state index is -1.29. The first kappa shape index (κ1) is 16.5. The van der Waals surface area contributed by atoms with Crippen LogP contribution in [0.3, 0.4) is 0 Å². The monoisotopic (exact) mass is 328 g/mol. The molecule has 1 fully saturated rings. The summed E-state index contributed by atoms with van der Waals surface area (Å²) in [5, 5.41) is 23.4. The standard InChI is InChI=1S/C14H17ClN2O5/c1-8-12(15)10(14(18)19)6-11(17(20)21)13(8)16-7-9-2-4-22-5-3-9/h6,9,16H,2-5,7H2,1H3,(H,18,19). The first-order valence-electron chi connectivity index (χ1n) is 6.94. The van der Waals surface area contributed by atoms with E-state index in [-0.39, 0.29) is 22.0 Å². The number of ether oxygens (including phenoxy) is 1. The zero-order valence-corrected chi connectivity index (χ0v) is 12.9. The number of hydrogen-bond acceptors (Lipinski definition) is 5. The number of carbonyl (C=O) groups is 1. The molecular weight excluding hydrogens is 312 g/mol. The van der Waals surface area contributed by atoms with Crippen molar-refractivity contribution < 1.29 is 19.6 Å². The topological polar surface area (TPSA) is 102 Å². The molecule has 0 aromatic heterocycles. The third-order valence-electron chi connectivity index (χ3n) is 3.81.